The highest BCUT2D eigenvalue weighted by Crippen LogP contribution is 2.29. The lowest BCUT2D eigenvalue weighted by Gasteiger charge is -2.30. The van der Waals surface area contributed by atoms with E-state index in [4.69, 9.17) is 4.74 Å². The van der Waals surface area contributed by atoms with Gasteiger partial charge in [-0.2, -0.15) is 5.10 Å². The van der Waals surface area contributed by atoms with Gasteiger partial charge in [-0.1, -0.05) is 0 Å². The van der Waals surface area contributed by atoms with Crippen LogP contribution in [0.1, 0.15) is 41.3 Å². The van der Waals surface area contributed by atoms with Gasteiger partial charge in [0.2, 0.25) is 5.91 Å². The van der Waals surface area contributed by atoms with Crippen molar-refractivity contribution in [3.8, 4) is 0 Å². The Bertz CT molecular complexity index is 782. The summed E-state index contributed by atoms with van der Waals surface area (Å²) >= 11 is 0. The maximum atomic E-state index is 12.7. The number of hydrogen-bond donors (Lipinski definition) is 0. The number of hydrogen-bond acceptors (Lipinski definition) is 4. The van der Waals surface area contributed by atoms with Crippen LogP contribution in [0.5, 0.6) is 0 Å². The van der Waals surface area contributed by atoms with Gasteiger partial charge < -0.3 is 9.64 Å². The third-order valence-corrected chi connectivity index (χ3v) is 4.40. The van der Waals surface area contributed by atoms with Crippen molar-refractivity contribution in [2.75, 3.05) is 18.1 Å². The van der Waals surface area contributed by atoms with Crippen molar-refractivity contribution in [1.29, 1.82) is 0 Å². The number of aromatic nitrogens is 2. The van der Waals surface area contributed by atoms with Crippen molar-refractivity contribution in [3.05, 3.63) is 47.3 Å². The highest BCUT2D eigenvalue weighted by Gasteiger charge is 2.23. The summed E-state index contributed by atoms with van der Waals surface area (Å²) in [5.74, 6) is -0.209. The molecule has 1 aliphatic rings. The molecule has 0 bridgehead atoms. The molecule has 1 aromatic heterocycles. The van der Waals surface area contributed by atoms with Crippen LogP contribution in [-0.4, -0.2) is 34.8 Å². The Morgan fingerprint density at radius 2 is 2.16 bits per heavy atom. The molecule has 0 fully saturated rings. The number of rotatable bonds is 5. The average molecular weight is 341 g/mol. The van der Waals surface area contributed by atoms with Crippen LogP contribution >= 0.6 is 0 Å². The van der Waals surface area contributed by atoms with Crippen molar-refractivity contribution >= 4 is 17.6 Å². The number of carbonyl (C=O) groups excluding carboxylic acids is 2. The predicted octanol–water partition coefficient (Wildman–Crippen LogP) is 2.51. The first-order chi connectivity index (χ1) is 12.1. The summed E-state index contributed by atoms with van der Waals surface area (Å²) in [6.07, 6.45) is 6.63. The highest BCUT2D eigenvalue weighted by atomic mass is 16.5. The van der Waals surface area contributed by atoms with Gasteiger partial charge >= 0.3 is 5.97 Å². The van der Waals surface area contributed by atoms with E-state index in [0.717, 1.165) is 36.2 Å². The molecular formula is C19H23N3O3. The lowest BCUT2D eigenvalue weighted by atomic mass is 9.98. The molecule has 0 radical (unpaired) electrons. The van der Waals surface area contributed by atoms with Crippen molar-refractivity contribution in [1.82, 2.24) is 9.78 Å². The Balaban J connectivity index is 1.72. The molecule has 2 heterocycles. The number of aryl methyl sites for hydroxylation is 3. The van der Waals surface area contributed by atoms with Crippen LogP contribution in [0, 0.1) is 0 Å². The molecule has 1 aliphatic heterocycles. The summed E-state index contributed by atoms with van der Waals surface area (Å²) in [6, 6.07) is 5.46. The first-order valence-electron chi connectivity index (χ1n) is 8.66. The number of fused-ring (bicyclic) bond motifs is 1. The van der Waals surface area contributed by atoms with Gasteiger partial charge in [-0.15, -0.1) is 0 Å². The smallest absolute Gasteiger partial charge is 0.338 e. The molecule has 0 atom stereocenters. The fourth-order valence-corrected chi connectivity index (χ4v) is 3.18. The Kier molecular flexibility index (Phi) is 5.16. The van der Waals surface area contributed by atoms with Crippen molar-refractivity contribution < 1.29 is 14.3 Å². The predicted molar refractivity (Wildman–Crippen MR) is 94.6 cm³/mol. The molecule has 6 heteroatoms. The summed E-state index contributed by atoms with van der Waals surface area (Å²) in [4.78, 5) is 26.4. The second kappa shape index (κ2) is 7.51. The fourth-order valence-electron chi connectivity index (χ4n) is 3.18. The molecule has 6 nitrogen and oxygen atoms in total. The zero-order valence-electron chi connectivity index (χ0n) is 14.7. The van der Waals surface area contributed by atoms with Crippen LogP contribution in [-0.2, 0) is 29.4 Å². The number of benzene rings is 1. The molecular weight excluding hydrogens is 318 g/mol. The van der Waals surface area contributed by atoms with Crippen LogP contribution in [0.25, 0.3) is 0 Å². The highest BCUT2D eigenvalue weighted by molar-refractivity contribution is 5.96. The van der Waals surface area contributed by atoms with E-state index in [1.807, 2.05) is 30.3 Å². The minimum absolute atomic E-state index is 0.105. The monoisotopic (exact) mass is 341 g/mol. The van der Waals surface area contributed by atoms with E-state index in [1.54, 1.807) is 23.9 Å². The molecule has 1 aromatic carbocycles. The van der Waals surface area contributed by atoms with E-state index in [2.05, 4.69) is 5.10 Å². The molecule has 1 amide bonds. The fraction of sp³-hybridized carbons (Fsp3) is 0.421. The number of ether oxygens (including phenoxy) is 1. The van der Waals surface area contributed by atoms with Gasteiger partial charge in [-0.05, 0) is 55.5 Å². The zero-order chi connectivity index (χ0) is 17.8. The van der Waals surface area contributed by atoms with Gasteiger partial charge in [0.05, 0.1) is 18.4 Å². The summed E-state index contributed by atoms with van der Waals surface area (Å²) in [5, 5.41) is 4.13. The molecule has 0 N–H and O–H groups in total. The molecule has 25 heavy (non-hydrogen) atoms. The Morgan fingerprint density at radius 1 is 1.32 bits per heavy atom. The number of carbonyl (C=O) groups is 2. The third-order valence-electron chi connectivity index (χ3n) is 4.40. The zero-order valence-corrected chi connectivity index (χ0v) is 14.7. The van der Waals surface area contributed by atoms with Crippen LogP contribution in [0.2, 0.25) is 0 Å². The average Bonchev–Trinajstić information content (AvgIpc) is 3.04. The van der Waals surface area contributed by atoms with Gasteiger partial charge in [0.25, 0.3) is 0 Å². The van der Waals surface area contributed by atoms with E-state index in [-0.39, 0.29) is 11.9 Å². The standard InChI is InChI=1S/C19H23N3O3/c1-3-25-19(24)16-7-8-17-15(11-16)5-4-10-22(17)18(23)9-6-14-12-20-21(2)13-14/h7-8,11-13H,3-6,9-10H2,1-2H3. The quantitative estimate of drug-likeness (QED) is 0.784. The number of esters is 1. The maximum Gasteiger partial charge on any atom is 0.338 e. The second-order valence-corrected chi connectivity index (χ2v) is 6.24. The van der Waals surface area contributed by atoms with E-state index in [9.17, 15) is 9.59 Å². The summed E-state index contributed by atoms with van der Waals surface area (Å²) in [6.45, 7) is 2.87. The minimum atomic E-state index is -0.315. The number of anilines is 1. The van der Waals surface area contributed by atoms with E-state index in [1.165, 1.54) is 0 Å². The molecule has 2 aromatic rings. The van der Waals surface area contributed by atoms with Crippen LogP contribution < -0.4 is 4.90 Å². The van der Waals surface area contributed by atoms with Gasteiger partial charge in [0.1, 0.15) is 0 Å². The molecule has 0 saturated carbocycles. The normalized spacial score (nSPS) is 13.4. The second-order valence-electron chi connectivity index (χ2n) is 6.24. The van der Waals surface area contributed by atoms with Gasteiger partial charge in [0.15, 0.2) is 0 Å². The summed E-state index contributed by atoms with van der Waals surface area (Å²) in [5.41, 5.74) is 3.55. The molecule has 0 spiro atoms. The minimum Gasteiger partial charge on any atom is -0.462 e. The molecule has 132 valence electrons. The maximum absolute atomic E-state index is 12.7. The van der Waals surface area contributed by atoms with E-state index >= 15 is 0 Å². The van der Waals surface area contributed by atoms with Gasteiger partial charge in [0, 0.05) is 31.9 Å². The largest absolute Gasteiger partial charge is 0.462 e. The SMILES string of the molecule is CCOC(=O)c1ccc2c(c1)CCCN2C(=O)CCc1cnn(C)c1. The van der Waals surface area contributed by atoms with Gasteiger partial charge in [-0.3, -0.25) is 9.48 Å². The summed E-state index contributed by atoms with van der Waals surface area (Å²) < 4.78 is 6.80. The van der Waals surface area contributed by atoms with Crippen molar-refractivity contribution in [3.63, 3.8) is 0 Å². The van der Waals surface area contributed by atoms with Gasteiger partial charge in [-0.25, -0.2) is 4.79 Å². The first-order valence-corrected chi connectivity index (χ1v) is 8.66. The molecule has 0 saturated heterocycles. The van der Waals surface area contributed by atoms with E-state index < -0.39 is 0 Å². The first kappa shape index (κ1) is 17.2. The topological polar surface area (TPSA) is 64.4 Å². The Labute approximate surface area is 147 Å². The Hall–Kier alpha value is -2.63. The number of amides is 1. The van der Waals surface area contributed by atoms with Crippen molar-refractivity contribution in [2.24, 2.45) is 7.05 Å². The number of nitrogens with zero attached hydrogens (tertiary/aromatic N) is 3. The molecule has 3 rings (SSSR count). The third kappa shape index (κ3) is 3.90. The lowest BCUT2D eigenvalue weighted by molar-refractivity contribution is -0.118. The molecule has 0 aliphatic carbocycles. The van der Waals surface area contributed by atoms with Crippen LogP contribution in [0.4, 0.5) is 5.69 Å². The molecule has 0 unspecified atom stereocenters. The van der Waals surface area contributed by atoms with E-state index in [0.29, 0.717) is 25.0 Å². The van der Waals surface area contributed by atoms with Crippen molar-refractivity contribution in [2.45, 2.75) is 32.6 Å². The lowest BCUT2D eigenvalue weighted by Crippen LogP contribution is -2.35. The Morgan fingerprint density at radius 3 is 2.88 bits per heavy atom. The van der Waals surface area contributed by atoms with Crippen LogP contribution in [0.3, 0.4) is 0 Å². The summed E-state index contributed by atoms with van der Waals surface area (Å²) in [7, 11) is 1.87. The van der Waals surface area contributed by atoms with Crippen LogP contribution in [0.15, 0.2) is 30.6 Å².